The van der Waals surface area contributed by atoms with E-state index in [1.807, 2.05) is 0 Å². The lowest BCUT2D eigenvalue weighted by atomic mass is 9.89. The van der Waals surface area contributed by atoms with Crippen LogP contribution in [-0.4, -0.2) is 86.1 Å². The zero-order valence-electron chi connectivity index (χ0n) is 22.0. The number of non-ortho nitro benzene ring substituents is 1. The molecule has 3 saturated heterocycles. The van der Waals surface area contributed by atoms with E-state index >= 15 is 0 Å². The van der Waals surface area contributed by atoms with Gasteiger partial charge in [-0.2, -0.15) is 0 Å². The molecule has 5 rings (SSSR count). The Kier molecular flexibility index (Phi) is 8.52. The summed E-state index contributed by atoms with van der Waals surface area (Å²) in [6.45, 7) is -0.291. The number of oxime groups is 1. The Bertz CT molecular complexity index is 1530. The number of thiazole rings is 1. The molecule has 0 saturated carbocycles. The Morgan fingerprint density at radius 2 is 2.05 bits per heavy atom. The Morgan fingerprint density at radius 3 is 2.72 bits per heavy atom. The number of carbonyl (C=O) groups excluding carboxylic acids is 5. The first kappa shape index (κ1) is 30.2. The van der Waals surface area contributed by atoms with Crippen LogP contribution in [-0.2, 0) is 44.9 Å². The maximum atomic E-state index is 13.5. The Morgan fingerprint density at radius 1 is 1.30 bits per heavy atom. The largest absolute Gasteiger partial charge is 0.456 e. The number of thioether (sulfide) groups is 1. The number of fused-ring (bicyclic) bond motifs is 3. The van der Waals surface area contributed by atoms with E-state index in [9.17, 15) is 34.1 Å². The second kappa shape index (κ2) is 12.1. The van der Waals surface area contributed by atoms with Gasteiger partial charge >= 0.3 is 11.9 Å². The molecule has 1 aromatic carbocycles. The van der Waals surface area contributed by atoms with E-state index < -0.39 is 57.6 Å². The molecule has 3 fully saturated rings. The van der Waals surface area contributed by atoms with E-state index in [-0.39, 0.29) is 46.9 Å². The summed E-state index contributed by atoms with van der Waals surface area (Å²) in [5, 5.41) is 20.5. The van der Waals surface area contributed by atoms with E-state index in [0.717, 1.165) is 16.2 Å². The van der Waals surface area contributed by atoms with Crippen LogP contribution < -0.4 is 10.6 Å². The molecule has 3 aliphatic rings. The Hall–Kier alpha value is -4.29. The van der Waals surface area contributed by atoms with Crippen LogP contribution in [0.5, 0.6) is 0 Å². The van der Waals surface area contributed by atoms with E-state index in [0.29, 0.717) is 5.56 Å². The highest BCUT2D eigenvalue weighted by molar-refractivity contribution is 8.00. The van der Waals surface area contributed by atoms with Crippen molar-refractivity contribution in [3.63, 3.8) is 0 Å². The topological polar surface area (TPSA) is 209 Å². The Balaban J connectivity index is 1.31. The van der Waals surface area contributed by atoms with Crippen molar-refractivity contribution in [1.82, 2.24) is 15.2 Å². The average molecular weight is 653 g/mol. The summed E-state index contributed by atoms with van der Waals surface area (Å²) < 4.78 is 10.9. The minimum Gasteiger partial charge on any atom is -0.456 e. The first-order chi connectivity index (χ1) is 20.6. The summed E-state index contributed by atoms with van der Waals surface area (Å²) in [7, 11) is 1.21. The predicted molar refractivity (Wildman–Crippen MR) is 150 cm³/mol. The third kappa shape index (κ3) is 5.59. The summed E-state index contributed by atoms with van der Waals surface area (Å²) in [6, 6.07) is 4.22. The van der Waals surface area contributed by atoms with E-state index in [1.54, 1.807) is 0 Å². The number of anilines is 1. The van der Waals surface area contributed by atoms with Crippen molar-refractivity contribution in [2.75, 3.05) is 24.1 Å². The lowest BCUT2D eigenvalue weighted by Gasteiger charge is -2.56. The van der Waals surface area contributed by atoms with Crippen LogP contribution in [0.15, 0.2) is 34.8 Å². The van der Waals surface area contributed by atoms with Gasteiger partial charge in [-0.1, -0.05) is 5.16 Å². The second-order valence-electron chi connectivity index (χ2n) is 9.30. The molecule has 4 heterocycles. The van der Waals surface area contributed by atoms with Crippen molar-refractivity contribution in [3.05, 3.63) is 51.0 Å². The number of nitro benzene ring substituents is 1. The van der Waals surface area contributed by atoms with Gasteiger partial charge in [-0.05, 0) is 17.7 Å². The van der Waals surface area contributed by atoms with Crippen LogP contribution in [0.3, 0.4) is 0 Å². The van der Waals surface area contributed by atoms with E-state index in [1.165, 1.54) is 48.5 Å². The zero-order valence-corrected chi connectivity index (χ0v) is 24.4. The number of rotatable bonds is 10. The molecular weight excluding hydrogens is 632 g/mol. The van der Waals surface area contributed by atoms with Gasteiger partial charge in [0.2, 0.25) is 5.91 Å². The van der Waals surface area contributed by atoms with Crippen molar-refractivity contribution < 1.29 is 43.2 Å². The molecule has 16 nitrogen and oxygen atoms in total. The molecule has 1 aromatic heterocycles. The molecule has 3 amide bonds. The molecule has 0 bridgehead atoms. The predicted octanol–water partition coefficient (Wildman–Crippen LogP) is 0.982. The third-order valence-corrected chi connectivity index (χ3v) is 9.13. The number of benzene rings is 1. The minimum atomic E-state index is -2.03. The van der Waals surface area contributed by atoms with Gasteiger partial charge in [-0.3, -0.25) is 34.2 Å². The number of carbonyl (C=O) groups is 5. The average Bonchev–Trinajstić information content (AvgIpc) is 3.59. The number of amides is 3. The number of aromatic nitrogens is 1. The highest BCUT2D eigenvalue weighted by Gasteiger charge is 2.72. The van der Waals surface area contributed by atoms with Crippen molar-refractivity contribution in [2.24, 2.45) is 11.1 Å². The molecule has 226 valence electrons. The number of esters is 2. The van der Waals surface area contributed by atoms with Crippen LogP contribution in [0.4, 0.5) is 10.8 Å². The van der Waals surface area contributed by atoms with Crippen molar-refractivity contribution >= 4 is 80.9 Å². The monoisotopic (exact) mass is 652 g/mol. The van der Waals surface area contributed by atoms with Crippen LogP contribution >= 0.6 is 34.7 Å². The highest BCUT2D eigenvalue weighted by Crippen LogP contribution is 2.51. The van der Waals surface area contributed by atoms with Gasteiger partial charge in [0.1, 0.15) is 36.7 Å². The fourth-order valence-corrected chi connectivity index (χ4v) is 7.10. The minimum absolute atomic E-state index is 0.0604. The van der Waals surface area contributed by atoms with E-state index in [2.05, 4.69) is 20.8 Å². The summed E-state index contributed by atoms with van der Waals surface area (Å²) in [5.41, 5.74) is -1.95. The maximum Gasteiger partial charge on any atom is 0.373 e. The molecular formula is C24H21ClN6O10S2. The summed E-state index contributed by atoms with van der Waals surface area (Å²) >= 11 is 7.76. The van der Waals surface area contributed by atoms with Gasteiger partial charge in [0.05, 0.1) is 11.3 Å². The van der Waals surface area contributed by atoms with Gasteiger partial charge in [0, 0.05) is 29.2 Å². The van der Waals surface area contributed by atoms with Crippen molar-refractivity contribution in [1.29, 1.82) is 0 Å². The van der Waals surface area contributed by atoms with Gasteiger partial charge < -0.3 is 24.9 Å². The third-order valence-electron chi connectivity index (χ3n) is 6.71. The highest BCUT2D eigenvalue weighted by atomic mass is 35.5. The zero-order chi connectivity index (χ0) is 30.9. The number of nitrogens with one attached hydrogen (secondary N) is 2. The van der Waals surface area contributed by atoms with Gasteiger partial charge in [-0.15, -0.1) is 34.7 Å². The number of hydrogen-bond acceptors (Lipinski definition) is 14. The number of nitrogens with zero attached hydrogens (tertiary/aromatic N) is 4. The first-order valence-corrected chi connectivity index (χ1v) is 14.9. The number of hydrogen-bond donors (Lipinski definition) is 2. The number of alkyl halides is 1. The van der Waals surface area contributed by atoms with Crippen LogP contribution in [0.25, 0.3) is 0 Å². The molecule has 0 radical (unpaired) electrons. The van der Waals surface area contributed by atoms with Crippen LogP contribution in [0, 0.1) is 16.0 Å². The fourth-order valence-electron chi connectivity index (χ4n) is 4.76. The normalized spacial score (nSPS) is 24.2. The van der Waals surface area contributed by atoms with E-state index in [4.69, 9.17) is 25.9 Å². The molecule has 0 spiro atoms. The van der Waals surface area contributed by atoms with Crippen LogP contribution in [0.2, 0.25) is 0 Å². The number of ether oxygens (including phenoxy) is 2. The summed E-state index contributed by atoms with van der Waals surface area (Å²) in [6.07, 6.45) is -0.121. The smallest absolute Gasteiger partial charge is 0.373 e. The quantitative estimate of drug-likeness (QED) is 0.0919. The summed E-state index contributed by atoms with van der Waals surface area (Å²) in [5.74, 6) is -4.42. The number of halogens is 1. The lowest BCUT2D eigenvalue weighted by molar-refractivity contribution is -0.384. The van der Waals surface area contributed by atoms with Gasteiger partial charge in [0.15, 0.2) is 10.8 Å². The molecule has 2 aromatic rings. The van der Waals surface area contributed by atoms with Crippen LogP contribution in [0.1, 0.15) is 17.7 Å². The fraction of sp³-hybridized carbons (Fsp3) is 0.375. The summed E-state index contributed by atoms with van der Waals surface area (Å²) in [4.78, 5) is 84.4. The number of β-lactam (4-membered cyclic amide) rings is 1. The van der Waals surface area contributed by atoms with Gasteiger partial charge in [0.25, 0.3) is 23.2 Å². The van der Waals surface area contributed by atoms with Crippen molar-refractivity contribution in [3.8, 4) is 0 Å². The molecule has 3 aliphatic heterocycles. The SMILES string of the molecule is CO/N=C(/C(=O)N[C@@H]1C(=O)N2[C@@H]1SC[C@@H]1CC(=O)O[C@@]12C(=O)OCc1ccc([N+](=O)[O-])cc1)c1csc(NC(=O)CCl)n1. The molecule has 2 N–H and O–H groups in total. The standard InChI is InChI=1S/C24H21ClN6O10S2/c1-39-29-17(14-10-43-23(26-14)27-15(32)7-25)19(34)28-18-20(35)30-21(18)42-9-12-6-16(33)41-24(12,30)22(36)40-8-11-2-4-13(5-3-11)31(37)38/h2-5,10,12,18,21H,6-9H2,1H3,(H,28,34)(H,26,27,32)/b29-17+/t12-,18+,21+,24+/m0/s1. The van der Waals surface area contributed by atoms with Crippen molar-refractivity contribution in [2.45, 2.75) is 30.2 Å². The molecule has 19 heteroatoms. The molecule has 4 atom stereocenters. The second-order valence-corrected chi connectivity index (χ2v) is 11.6. The lowest BCUT2D eigenvalue weighted by Crippen LogP contribution is -2.80. The molecule has 43 heavy (non-hydrogen) atoms. The number of nitro groups is 1. The molecule has 0 unspecified atom stereocenters. The maximum absolute atomic E-state index is 13.5. The Labute approximate surface area is 255 Å². The molecule has 0 aliphatic carbocycles. The van der Waals surface area contributed by atoms with Gasteiger partial charge in [-0.25, -0.2) is 9.78 Å². The first-order valence-electron chi connectivity index (χ1n) is 12.4.